The lowest BCUT2D eigenvalue weighted by Crippen LogP contribution is -2.23. The number of aryl methyl sites for hydroxylation is 1. The average molecular weight is 359 g/mol. The zero-order valence-corrected chi connectivity index (χ0v) is 14.6. The summed E-state index contributed by atoms with van der Waals surface area (Å²) in [6, 6.07) is 5.66. The number of hydrogen-bond donors (Lipinski definition) is 3. The largest absolute Gasteiger partial charge is 0.473 e. The summed E-state index contributed by atoms with van der Waals surface area (Å²) in [5.41, 5.74) is 9.67. The SMILES string of the molecule is CN1CC=C(c2cn(C)c3ccc(C(N)=O)cc23)CC1.O=C(O)C(=O)O. The Morgan fingerprint density at radius 2 is 1.77 bits per heavy atom. The number of aromatic nitrogens is 1. The number of rotatable bonds is 2. The first kappa shape index (κ1) is 19.2. The third-order valence-electron chi connectivity index (χ3n) is 4.22. The van der Waals surface area contributed by atoms with Crippen molar-refractivity contribution in [1.82, 2.24) is 9.47 Å². The van der Waals surface area contributed by atoms with Gasteiger partial charge in [0.15, 0.2) is 0 Å². The molecule has 4 N–H and O–H groups in total. The molecule has 8 heteroatoms. The fraction of sp³-hybridized carbons (Fsp3) is 0.278. The summed E-state index contributed by atoms with van der Waals surface area (Å²) >= 11 is 0. The van der Waals surface area contributed by atoms with E-state index in [1.54, 1.807) is 6.07 Å². The van der Waals surface area contributed by atoms with Crippen LogP contribution in [0, 0.1) is 0 Å². The van der Waals surface area contributed by atoms with E-state index in [4.69, 9.17) is 25.5 Å². The summed E-state index contributed by atoms with van der Waals surface area (Å²) in [6.45, 7) is 2.04. The molecule has 1 aromatic carbocycles. The molecule has 3 rings (SSSR count). The van der Waals surface area contributed by atoms with Crippen LogP contribution in [0.3, 0.4) is 0 Å². The van der Waals surface area contributed by atoms with Crippen molar-refractivity contribution in [2.24, 2.45) is 12.8 Å². The summed E-state index contributed by atoms with van der Waals surface area (Å²) < 4.78 is 2.11. The van der Waals surface area contributed by atoms with Crippen molar-refractivity contribution in [3.8, 4) is 0 Å². The van der Waals surface area contributed by atoms with Gasteiger partial charge in [-0.3, -0.25) is 4.79 Å². The highest BCUT2D eigenvalue weighted by molar-refractivity contribution is 6.27. The monoisotopic (exact) mass is 359 g/mol. The third kappa shape index (κ3) is 4.28. The van der Waals surface area contributed by atoms with Gasteiger partial charge in [-0.2, -0.15) is 0 Å². The lowest BCUT2D eigenvalue weighted by atomic mass is 9.98. The van der Waals surface area contributed by atoms with Crippen molar-refractivity contribution in [3.05, 3.63) is 41.6 Å². The smallest absolute Gasteiger partial charge is 0.414 e. The Hall–Kier alpha value is -3.13. The van der Waals surface area contributed by atoms with Crippen molar-refractivity contribution in [2.75, 3.05) is 20.1 Å². The van der Waals surface area contributed by atoms with Crippen LogP contribution in [0.15, 0.2) is 30.5 Å². The molecule has 2 heterocycles. The number of primary amides is 1. The third-order valence-corrected chi connectivity index (χ3v) is 4.22. The van der Waals surface area contributed by atoms with Crippen LogP contribution in [-0.4, -0.2) is 57.7 Å². The molecule has 0 atom stereocenters. The summed E-state index contributed by atoms with van der Waals surface area (Å²) in [7, 11) is 4.16. The number of carboxylic acids is 2. The van der Waals surface area contributed by atoms with E-state index < -0.39 is 11.9 Å². The van der Waals surface area contributed by atoms with Gasteiger partial charge in [-0.25, -0.2) is 9.59 Å². The van der Waals surface area contributed by atoms with Gasteiger partial charge in [0.2, 0.25) is 5.91 Å². The van der Waals surface area contributed by atoms with Crippen LogP contribution in [0.1, 0.15) is 22.3 Å². The Kier molecular flexibility index (Phi) is 5.78. The number of likely N-dealkylation sites (N-methyl/N-ethyl adjacent to an activating group) is 1. The minimum Gasteiger partial charge on any atom is -0.473 e. The molecule has 0 unspecified atom stereocenters. The minimum atomic E-state index is -1.82. The quantitative estimate of drug-likeness (QED) is 0.691. The molecule has 0 saturated heterocycles. The standard InChI is InChI=1S/C16H19N3O.C2H2O4/c1-18-7-5-11(6-8-18)14-10-19(2)15-4-3-12(16(17)20)9-13(14)15;3-1(4)2(5)6/h3-5,9-10H,6-8H2,1-2H3,(H2,17,20);(H,3,4)(H,5,6). The van der Waals surface area contributed by atoms with Crippen molar-refractivity contribution in [3.63, 3.8) is 0 Å². The number of benzene rings is 1. The van der Waals surface area contributed by atoms with Crippen LogP contribution in [0.4, 0.5) is 0 Å². The second-order valence-corrected chi connectivity index (χ2v) is 6.10. The van der Waals surface area contributed by atoms with E-state index in [2.05, 4.69) is 28.8 Å². The molecule has 26 heavy (non-hydrogen) atoms. The molecule has 138 valence electrons. The van der Waals surface area contributed by atoms with E-state index in [1.165, 1.54) is 11.1 Å². The number of nitrogens with zero attached hydrogens (tertiary/aromatic N) is 2. The Morgan fingerprint density at radius 3 is 2.27 bits per heavy atom. The first-order valence-electron chi connectivity index (χ1n) is 7.93. The highest BCUT2D eigenvalue weighted by Crippen LogP contribution is 2.31. The molecule has 1 amide bonds. The molecule has 8 nitrogen and oxygen atoms in total. The molecular weight excluding hydrogens is 338 g/mol. The van der Waals surface area contributed by atoms with E-state index in [1.807, 2.05) is 19.2 Å². The van der Waals surface area contributed by atoms with Crippen molar-refractivity contribution in [2.45, 2.75) is 6.42 Å². The van der Waals surface area contributed by atoms with Gasteiger partial charge in [0.05, 0.1) is 0 Å². The van der Waals surface area contributed by atoms with Crippen LogP contribution in [0.25, 0.3) is 16.5 Å². The maximum Gasteiger partial charge on any atom is 0.414 e. The molecule has 1 aromatic heterocycles. The summed E-state index contributed by atoms with van der Waals surface area (Å²) in [6.07, 6.45) is 5.46. The molecule has 0 radical (unpaired) electrons. The molecule has 0 aliphatic carbocycles. The lowest BCUT2D eigenvalue weighted by Gasteiger charge is -2.21. The van der Waals surface area contributed by atoms with Gasteiger partial charge in [-0.05, 0) is 37.2 Å². The Morgan fingerprint density at radius 1 is 1.12 bits per heavy atom. The highest BCUT2D eigenvalue weighted by atomic mass is 16.4. The van der Waals surface area contributed by atoms with Crippen molar-refractivity contribution < 1.29 is 24.6 Å². The number of fused-ring (bicyclic) bond motifs is 1. The Balaban J connectivity index is 0.000000352. The highest BCUT2D eigenvalue weighted by Gasteiger charge is 2.15. The van der Waals surface area contributed by atoms with Gasteiger partial charge in [0.1, 0.15) is 0 Å². The average Bonchev–Trinajstić information content (AvgIpc) is 2.92. The van der Waals surface area contributed by atoms with E-state index >= 15 is 0 Å². The molecule has 0 bridgehead atoms. The number of carbonyl (C=O) groups excluding carboxylic acids is 1. The molecule has 1 aliphatic rings. The molecular formula is C18H21N3O5. The first-order chi connectivity index (χ1) is 12.2. The van der Waals surface area contributed by atoms with Gasteiger partial charge in [-0.1, -0.05) is 6.08 Å². The molecule has 0 fully saturated rings. The van der Waals surface area contributed by atoms with Gasteiger partial charge in [-0.15, -0.1) is 0 Å². The van der Waals surface area contributed by atoms with Crippen LogP contribution in [0.2, 0.25) is 0 Å². The normalized spacial score (nSPS) is 14.3. The van der Waals surface area contributed by atoms with Gasteiger partial charge < -0.3 is 25.4 Å². The molecule has 0 saturated carbocycles. The maximum atomic E-state index is 11.4. The maximum absolute atomic E-state index is 11.4. The second-order valence-electron chi connectivity index (χ2n) is 6.10. The van der Waals surface area contributed by atoms with Crippen molar-refractivity contribution in [1.29, 1.82) is 0 Å². The van der Waals surface area contributed by atoms with E-state index in [9.17, 15) is 4.79 Å². The van der Waals surface area contributed by atoms with Crippen molar-refractivity contribution >= 4 is 34.3 Å². The fourth-order valence-electron chi connectivity index (χ4n) is 2.82. The van der Waals surface area contributed by atoms with E-state index in [0.717, 1.165) is 30.4 Å². The van der Waals surface area contributed by atoms with Crippen LogP contribution >= 0.6 is 0 Å². The predicted molar refractivity (Wildman–Crippen MR) is 96.8 cm³/mol. The molecule has 0 spiro atoms. The van der Waals surface area contributed by atoms with Crippen LogP contribution in [0.5, 0.6) is 0 Å². The summed E-state index contributed by atoms with van der Waals surface area (Å²) in [4.78, 5) is 31.9. The zero-order valence-electron chi connectivity index (χ0n) is 14.6. The number of hydrogen-bond acceptors (Lipinski definition) is 4. The van der Waals surface area contributed by atoms with E-state index in [0.29, 0.717) is 5.56 Å². The predicted octanol–water partition coefficient (Wildman–Crippen LogP) is 1.15. The molecule has 1 aliphatic heterocycles. The summed E-state index contributed by atoms with van der Waals surface area (Å²) in [5.74, 6) is -4.02. The summed E-state index contributed by atoms with van der Waals surface area (Å²) in [5, 5.41) is 15.9. The number of aliphatic carboxylic acids is 2. The zero-order chi connectivity index (χ0) is 19.4. The Labute approximate surface area is 150 Å². The van der Waals surface area contributed by atoms with E-state index in [-0.39, 0.29) is 5.91 Å². The molecule has 2 aromatic rings. The topological polar surface area (TPSA) is 126 Å². The fourth-order valence-corrected chi connectivity index (χ4v) is 2.82. The van der Waals surface area contributed by atoms with Gasteiger partial charge in [0, 0.05) is 48.4 Å². The van der Waals surface area contributed by atoms with Crippen LogP contribution in [-0.2, 0) is 16.6 Å². The number of nitrogens with two attached hydrogens (primary N) is 1. The lowest BCUT2D eigenvalue weighted by molar-refractivity contribution is -0.159. The van der Waals surface area contributed by atoms with Gasteiger partial charge >= 0.3 is 11.9 Å². The second kappa shape index (κ2) is 7.83. The minimum absolute atomic E-state index is 0.376. The Bertz CT molecular complexity index is 886. The van der Waals surface area contributed by atoms with Crippen LogP contribution < -0.4 is 5.73 Å². The van der Waals surface area contributed by atoms with Gasteiger partial charge in [0.25, 0.3) is 0 Å². The number of carbonyl (C=O) groups is 3. The number of amides is 1. The first-order valence-corrected chi connectivity index (χ1v) is 7.93. The number of carboxylic acid groups (broad SMARTS) is 2.